The Morgan fingerprint density at radius 3 is 1.17 bits per heavy atom. The summed E-state index contributed by atoms with van der Waals surface area (Å²) in [5.74, 6) is 5.89. The Hall–Kier alpha value is -18.2. The lowest BCUT2D eigenvalue weighted by Gasteiger charge is -2.12. The first-order chi connectivity index (χ1) is 69.1. The topological polar surface area (TPSA) is 411 Å². The molecule has 0 aliphatic heterocycles. The van der Waals surface area contributed by atoms with E-state index in [0.29, 0.717) is 132 Å². The zero-order chi connectivity index (χ0) is 103. The van der Waals surface area contributed by atoms with Crippen molar-refractivity contribution in [3.8, 4) is 80.8 Å². The van der Waals surface area contributed by atoms with E-state index < -0.39 is 11.9 Å². The first-order valence-corrected chi connectivity index (χ1v) is 46.2. The van der Waals surface area contributed by atoms with Gasteiger partial charge >= 0.3 is 11.9 Å². The Morgan fingerprint density at radius 1 is 0.420 bits per heavy atom. The predicted molar refractivity (Wildman–Crippen MR) is 541 cm³/mol. The number of fused-ring (bicyclic) bond motifs is 6. The van der Waals surface area contributed by atoms with Crippen molar-refractivity contribution in [1.82, 2.24) is 20.3 Å². The molecular weight excluding hydrogens is 1810 g/mol. The number of Topliss-reactive ketones (excluding diaryl/α,β-unsaturated/α-hetero) is 2. The SMILES string of the molecule is CCOC1=CCc2c(C#N)cccc21.CCOC1=CCc2c1cccc2C(N)=NO.N#Cc1cccc2c1CCC2=O.[C-]#[N+]c1cc(-c2nc(-c3cccc4c3CC=C4OCC)no2)ccc1OC(C)C.[C-]#[N+]c1cc(-c2nc(-c3cccc4c3CCC4=O)no2)ccc1OC(C)C.[C-]#[N+]c1cc(C(=O)O)ccc1OC(C)C.[C-]#[N+]c1cc(C(=O)ON=C(N)c2cccc3c2CC=C3OCC)ccc1OC(C)C. The smallest absolute Gasteiger partial charge is 0.364 e. The van der Waals surface area contributed by atoms with Crippen LogP contribution in [0.15, 0.2) is 226 Å². The number of carboxylic acids is 1. The van der Waals surface area contributed by atoms with Crippen LogP contribution < -0.4 is 30.4 Å². The number of carbonyl (C=O) groups is 4. The number of ether oxygens (including phenoxy) is 8. The van der Waals surface area contributed by atoms with E-state index in [2.05, 4.69) is 68.2 Å². The van der Waals surface area contributed by atoms with Crippen molar-refractivity contribution < 1.29 is 81.3 Å². The average Bonchev–Trinajstić information content (AvgIpc) is 1.64. The van der Waals surface area contributed by atoms with E-state index in [-0.39, 0.29) is 70.2 Å². The van der Waals surface area contributed by atoms with Gasteiger partial charge < -0.3 is 73.6 Å². The molecule has 31 heteroatoms. The lowest BCUT2D eigenvalue weighted by Crippen LogP contribution is -2.17. The Bertz CT molecular complexity index is 7270. The highest BCUT2D eigenvalue weighted by molar-refractivity contribution is 6.04. The summed E-state index contributed by atoms with van der Waals surface area (Å²) in [5.41, 5.74) is 31.0. The van der Waals surface area contributed by atoms with Crippen molar-refractivity contribution in [2.75, 3.05) is 26.4 Å². The number of rotatable bonds is 25. The van der Waals surface area contributed by atoms with E-state index in [1.807, 2.05) is 198 Å². The molecule has 0 spiro atoms. The maximum atomic E-state index is 12.4. The number of benzene rings is 10. The largest absolute Gasteiger partial charge is 0.502 e. The van der Waals surface area contributed by atoms with Crippen LogP contribution in [0, 0.1) is 49.0 Å². The lowest BCUT2D eigenvalue weighted by molar-refractivity contribution is 0.0515. The van der Waals surface area contributed by atoms with Gasteiger partial charge in [-0.1, -0.05) is 118 Å². The fourth-order valence-corrected chi connectivity index (χ4v) is 16.1. The van der Waals surface area contributed by atoms with Crippen LogP contribution in [0.2, 0.25) is 0 Å². The predicted octanol–water partition coefficient (Wildman–Crippen LogP) is 23.6. The first-order valence-electron chi connectivity index (χ1n) is 46.2. The second-order valence-electron chi connectivity index (χ2n) is 33.2. The molecule has 12 aromatic rings. The van der Waals surface area contributed by atoms with Gasteiger partial charge in [0.15, 0.2) is 23.2 Å². The standard InChI is InChI=1S/C23H23N3O4.C23H21N3O3.C21H17N3O3.C12H14N2O2.C12H11NO.C11H11NO3.C10H7NO/c1-5-28-20-12-10-16-17(20)7-6-8-18(16)22(24)26-30-23(27)15-9-11-21(29-14(2)3)19(13-15)25-4;1-5-27-20-12-10-16-17(20)7-6-8-18(16)22-25-23(29-26-22)15-9-11-21(28-14(2)3)19(13-15)24-4;1-12(2)26-19-10-7-13(11-17(19)22-3)21-23-20(24-27-21)16-6-4-5-15-14(16)8-9-18(15)25;1-2-16-11-7-6-8-9(11)4-3-5-10(8)12(13)14-15;1-2-14-12-7-6-10-9(8-13)4-3-5-11(10)12;1-7(2)15-10-5-4-8(11(13)14)6-9(10)12-3;11-6-7-2-1-3-9-8(7)4-5-10(9)12/h6-9,11-14H,5,10H2,1-3H3,(H2,24,26);6-9,11-14H,5,10H2,1-3H3;4-7,10-12H,8-9H2,1-2H3;3-5,7,15H,2,6H2,1H3,(H2,13,14);3-5,7H,2,6H2,1H3;4-7H,1-2H3,(H,13,14);1-3H,4-5H2. The van der Waals surface area contributed by atoms with Gasteiger partial charge in [0, 0.05) is 85.2 Å². The molecule has 31 nitrogen and oxygen atoms in total. The summed E-state index contributed by atoms with van der Waals surface area (Å²) in [6.45, 7) is 54.4. The van der Waals surface area contributed by atoms with Gasteiger partial charge in [-0.3, -0.25) is 9.59 Å². The molecule has 0 radical (unpaired) electrons. The van der Waals surface area contributed by atoms with Crippen molar-refractivity contribution in [1.29, 1.82) is 10.5 Å². The van der Waals surface area contributed by atoms with Crippen LogP contribution in [0.4, 0.5) is 22.7 Å². The van der Waals surface area contributed by atoms with Gasteiger partial charge in [0.05, 0.1) is 106 Å². The van der Waals surface area contributed by atoms with E-state index in [9.17, 15) is 19.2 Å². The summed E-state index contributed by atoms with van der Waals surface area (Å²) in [6.07, 6.45) is 13.5. The number of nitrogens with zero attached hydrogens (tertiary/aromatic N) is 12. The van der Waals surface area contributed by atoms with Gasteiger partial charge in [0.2, 0.25) is 34.4 Å². The van der Waals surface area contributed by atoms with E-state index in [0.717, 1.165) is 138 Å². The molecule has 2 heterocycles. The highest BCUT2D eigenvalue weighted by Gasteiger charge is 2.30. The summed E-state index contributed by atoms with van der Waals surface area (Å²) < 4.78 is 55.5. The number of ketones is 2. The Balaban J connectivity index is 0.000000153. The fraction of sp³-hybridized carbons (Fsp3) is 0.250. The minimum atomic E-state index is -1.05. The van der Waals surface area contributed by atoms with Crippen LogP contribution in [0.5, 0.6) is 23.0 Å². The van der Waals surface area contributed by atoms with Gasteiger partial charge in [0.1, 0.15) is 46.0 Å². The minimum absolute atomic E-state index is 0.00767. The van der Waals surface area contributed by atoms with Gasteiger partial charge in [-0.15, -0.1) is 0 Å². The number of allylic oxidation sites excluding steroid dienone is 4. The summed E-state index contributed by atoms with van der Waals surface area (Å²) in [6, 6.07) is 57.6. The molecule has 0 saturated heterocycles. The van der Waals surface area contributed by atoms with Crippen LogP contribution in [0.3, 0.4) is 0 Å². The molecule has 143 heavy (non-hydrogen) atoms. The Kier molecular flexibility index (Phi) is 35.7. The number of oxime groups is 2. The summed E-state index contributed by atoms with van der Waals surface area (Å²) in [4.78, 5) is 74.1. The van der Waals surface area contributed by atoms with E-state index >= 15 is 0 Å². The molecule has 18 rings (SSSR count). The fourth-order valence-electron chi connectivity index (χ4n) is 16.1. The molecule has 6 aliphatic rings. The minimum Gasteiger partial charge on any atom is -0.502 e. The number of carboxylic acid groups (broad SMARTS) is 1. The normalized spacial score (nSPS) is 12.7. The van der Waals surface area contributed by atoms with Gasteiger partial charge in [-0.2, -0.15) is 20.5 Å². The van der Waals surface area contributed by atoms with E-state index in [1.54, 1.807) is 54.6 Å². The molecule has 10 aromatic carbocycles. The number of amidine groups is 2. The van der Waals surface area contributed by atoms with Gasteiger partial charge in [-0.05, 0) is 264 Å². The summed E-state index contributed by atoms with van der Waals surface area (Å²) in [5, 5.41) is 50.2. The van der Waals surface area contributed by atoms with Crippen LogP contribution in [0.25, 0.3) is 88.1 Å². The van der Waals surface area contributed by atoms with Crippen molar-refractivity contribution in [3.63, 3.8) is 0 Å². The van der Waals surface area contributed by atoms with Crippen molar-refractivity contribution in [3.05, 3.63) is 352 Å². The number of hydrogen-bond acceptors (Lipinski definition) is 24. The molecule has 0 saturated carbocycles. The Morgan fingerprint density at radius 2 is 0.755 bits per heavy atom. The van der Waals surface area contributed by atoms with Crippen LogP contribution in [-0.2, 0) is 62.3 Å². The summed E-state index contributed by atoms with van der Waals surface area (Å²) >= 11 is 0. The molecule has 6 aliphatic carbocycles. The second kappa shape index (κ2) is 49.2. The lowest BCUT2D eigenvalue weighted by atomic mass is 10.0. The molecular formula is C112H104N14O17. The van der Waals surface area contributed by atoms with Gasteiger partial charge in [0.25, 0.3) is 11.8 Å². The van der Waals surface area contributed by atoms with Crippen LogP contribution in [-0.4, -0.2) is 117 Å². The maximum Gasteiger partial charge on any atom is 0.364 e. The molecule has 0 unspecified atom stereocenters. The summed E-state index contributed by atoms with van der Waals surface area (Å²) in [7, 11) is 0. The number of carbonyl (C=O) groups excluding carboxylic acids is 3. The number of nitriles is 2. The zero-order valence-corrected chi connectivity index (χ0v) is 81.0. The third-order valence-electron chi connectivity index (χ3n) is 22.3. The molecule has 0 fully saturated rings. The van der Waals surface area contributed by atoms with E-state index in [4.69, 9.17) is 110 Å². The van der Waals surface area contributed by atoms with E-state index in [1.165, 1.54) is 30.3 Å². The van der Waals surface area contributed by atoms with Crippen LogP contribution >= 0.6 is 0 Å². The molecule has 0 bridgehead atoms. The first kappa shape index (κ1) is 104. The van der Waals surface area contributed by atoms with Gasteiger partial charge in [-0.25, -0.2) is 29.0 Å². The zero-order valence-electron chi connectivity index (χ0n) is 81.0. The monoisotopic (exact) mass is 1920 g/mol. The molecule has 2 aromatic heterocycles. The molecule has 6 N–H and O–H groups in total. The number of aromatic nitrogens is 4. The Labute approximate surface area is 828 Å². The average molecular weight is 1920 g/mol. The van der Waals surface area contributed by atoms with Crippen molar-refractivity contribution in [2.24, 2.45) is 21.8 Å². The van der Waals surface area contributed by atoms with Crippen molar-refractivity contribution >= 4 is 81.0 Å². The quantitative estimate of drug-likeness (QED) is 0.0103. The maximum absolute atomic E-state index is 12.4. The molecule has 0 atom stereocenters. The number of aromatic carboxylic acids is 1. The second-order valence-corrected chi connectivity index (χ2v) is 33.2. The number of hydrogen-bond donors (Lipinski definition) is 4. The highest BCUT2D eigenvalue weighted by atomic mass is 16.7. The molecule has 724 valence electrons. The third kappa shape index (κ3) is 25.4. The third-order valence-corrected chi connectivity index (χ3v) is 22.3. The highest BCUT2D eigenvalue weighted by Crippen LogP contribution is 2.42. The number of nitrogens with two attached hydrogens (primary N) is 2. The van der Waals surface area contributed by atoms with Crippen molar-refractivity contribution in [2.45, 2.75) is 159 Å². The van der Waals surface area contributed by atoms with Crippen LogP contribution in [0.1, 0.15) is 215 Å². The molecule has 0 amide bonds.